The molecule has 0 aromatic heterocycles. The summed E-state index contributed by atoms with van der Waals surface area (Å²) >= 11 is 0. The Kier molecular flexibility index (Phi) is 5.23. The highest BCUT2D eigenvalue weighted by molar-refractivity contribution is 5.74. The normalized spacial score (nSPS) is 10.7. The summed E-state index contributed by atoms with van der Waals surface area (Å²) in [6.45, 7) is 2.60. The lowest BCUT2D eigenvalue weighted by atomic mass is 10.4. The molecule has 0 spiro atoms. The second-order valence-electron chi connectivity index (χ2n) is 1.84. The summed E-state index contributed by atoms with van der Waals surface area (Å²) in [5, 5.41) is 12.3. The lowest BCUT2D eigenvalue weighted by Gasteiger charge is -1.94. The second kappa shape index (κ2) is 5.94. The van der Waals surface area contributed by atoms with Crippen molar-refractivity contribution in [3.05, 3.63) is 16.7 Å². The first-order chi connectivity index (χ1) is 4.81. The van der Waals surface area contributed by atoms with Crippen molar-refractivity contribution in [3.8, 4) is 0 Å². The highest BCUT2D eigenvalue weighted by Crippen LogP contribution is 1.80. The second-order valence-corrected chi connectivity index (χ2v) is 1.84. The van der Waals surface area contributed by atoms with E-state index in [4.69, 9.17) is 5.41 Å². The third kappa shape index (κ3) is 4.96. The van der Waals surface area contributed by atoms with Gasteiger partial charge in [-0.15, -0.1) is 0 Å². The summed E-state index contributed by atoms with van der Waals surface area (Å²) in [7, 11) is 0. The van der Waals surface area contributed by atoms with E-state index < -0.39 is 0 Å². The molecule has 0 bridgehead atoms. The number of rotatable bonds is 5. The molecule has 0 aliphatic carbocycles. The van der Waals surface area contributed by atoms with Crippen molar-refractivity contribution in [2.24, 2.45) is 5.18 Å². The fourth-order valence-electron chi connectivity index (χ4n) is 0.385. The van der Waals surface area contributed by atoms with Crippen molar-refractivity contribution < 1.29 is 0 Å². The minimum absolute atomic E-state index is 0.266. The molecule has 0 saturated carbocycles. The van der Waals surface area contributed by atoms with Gasteiger partial charge < -0.3 is 10.7 Å². The molecular weight excluding hydrogens is 130 g/mol. The van der Waals surface area contributed by atoms with E-state index in [1.54, 1.807) is 13.1 Å². The quantitative estimate of drug-likeness (QED) is 0.339. The fourth-order valence-corrected chi connectivity index (χ4v) is 0.385. The summed E-state index contributed by atoms with van der Waals surface area (Å²) in [6.07, 6.45) is 2.92. The summed E-state index contributed by atoms with van der Waals surface area (Å²) in [4.78, 5) is 9.56. The van der Waals surface area contributed by atoms with Gasteiger partial charge in [0, 0.05) is 19.0 Å². The van der Waals surface area contributed by atoms with Crippen molar-refractivity contribution in [1.82, 2.24) is 5.32 Å². The Morgan fingerprint density at radius 3 is 3.00 bits per heavy atom. The average molecular weight is 141 g/mol. The summed E-state index contributed by atoms with van der Waals surface area (Å²) < 4.78 is 0. The van der Waals surface area contributed by atoms with Crippen molar-refractivity contribution >= 4 is 6.21 Å². The Morgan fingerprint density at radius 2 is 2.50 bits per heavy atom. The van der Waals surface area contributed by atoms with Crippen LogP contribution < -0.4 is 5.32 Å². The van der Waals surface area contributed by atoms with E-state index in [0.717, 1.165) is 5.57 Å². The third-order valence-electron chi connectivity index (χ3n) is 0.905. The standard InChI is InChI=1S/C6H11N3O/c1-6(4-7)5-8-2-3-9-10/h4-5,7-8H,2-3H2,1H3/b6-5-,7-4?. The molecule has 0 saturated heterocycles. The summed E-state index contributed by atoms with van der Waals surface area (Å²) in [6, 6.07) is 0. The van der Waals surface area contributed by atoms with Crippen LogP contribution in [0.25, 0.3) is 0 Å². The molecule has 0 unspecified atom stereocenters. The van der Waals surface area contributed by atoms with Gasteiger partial charge in [-0.05, 0) is 12.5 Å². The molecule has 4 nitrogen and oxygen atoms in total. The van der Waals surface area contributed by atoms with E-state index >= 15 is 0 Å². The minimum atomic E-state index is 0.266. The van der Waals surface area contributed by atoms with Gasteiger partial charge in [-0.1, -0.05) is 5.18 Å². The number of hydrogen-bond acceptors (Lipinski definition) is 4. The van der Waals surface area contributed by atoms with E-state index in [-0.39, 0.29) is 6.54 Å². The molecule has 0 amide bonds. The maximum Gasteiger partial charge on any atom is 0.0983 e. The highest BCUT2D eigenvalue weighted by Gasteiger charge is 1.81. The highest BCUT2D eigenvalue weighted by atomic mass is 16.3. The molecular formula is C6H11N3O. The van der Waals surface area contributed by atoms with E-state index in [9.17, 15) is 4.91 Å². The van der Waals surface area contributed by atoms with E-state index in [0.29, 0.717) is 6.54 Å². The number of nitrogens with zero attached hydrogens (tertiary/aromatic N) is 1. The van der Waals surface area contributed by atoms with Crippen LogP contribution in [0.1, 0.15) is 6.92 Å². The van der Waals surface area contributed by atoms with Crippen molar-refractivity contribution in [3.63, 3.8) is 0 Å². The maximum absolute atomic E-state index is 9.56. The molecule has 10 heavy (non-hydrogen) atoms. The van der Waals surface area contributed by atoms with Gasteiger partial charge in [0.25, 0.3) is 0 Å². The van der Waals surface area contributed by atoms with Crippen LogP contribution in [0.5, 0.6) is 0 Å². The van der Waals surface area contributed by atoms with Gasteiger partial charge in [-0.25, -0.2) is 0 Å². The molecule has 0 heterocycles. The van der Waals surface area contributed by atoms with Crippen LogP contribution in [-0.2, 0) is 0 Å². The Morgan fingerprint density at radius 1 is 1.80 bits per heavy atom. The topological polar surface area (TPSA) is 65.3 Å². The first-order valence-electron chi connectivity index (χ1n) is 3.01. The molecule has 0 aliphatic rings. The molecule has 0 fully saturated rings. The van der Waals surface area contributed by atoms with Crippen LogP contribution in [0.4, 0.5) is 0 Å². The number of allylic oxidation sites excluding steroid dienone is 1. The largest absolute Gasteiger partial charge is 0.389 e. The molecule has 56 valence electrons. The Bertz CT molecular complexity index is 142. The van der Waals surface area contributed by atoms with Crippen molar-refractivity contribution in [2.75, 3.05) is 13.1 Å². The molecule has 0 rings (SSSR count). The van der Waals surface area contributed by atoms with E-state index in [1.807, 2.05) is 0 Å². The predicted molar refractivity (Wildman–Crippen MR) is 41.2 cm³/mol. The Balaban J connectivity index is 3.33. The van der Waals surface area contributed by atoms with E-state index in [1.165, 1.54) is 6.21 Å². The van der Waals surface area contributed by atoms with Gasteiger partial charge in [0.15, 0.2) is 0 Å². The van der Waals surface area contributed by atoms with Gasteiger partial charge in [0.2, 0.25) is 0 Å². The zero-order chi connectivity index (χ0) is 7.82. The number of hydrogen-bond donors (Lipinski definition) is 2. The van der Waals surface area contributed by atoms with Gasteiger partial charge in [-0.3, -0.25) is 0 Å². The molecule has 0 aromatic carbocycles. The van der Waals surface area contributed by atoms with Gasteiger partial charge >= 0.3 is 0 Å². The lowest BCUT2D eigenvalue weighted by Crippen LogP contribution is -2.10. The van der Waals surface area contributed by atoms with Crippen molar-refractivity contribution in [1.29, 1.82) is 5.41 Å². The van der Waals surface area contributed by atoms with Crippen LogP contribution >= 0.6 is 0 Å². The third-order valence-corrected chi connectivity index (χ3v) is 0.905. The number of nitroso groups, excluding NO2 is 1. The molecule has 4 heteroatoms. The van der Waals surface area contributed by atoms with Crippen LogP contribution in [-0.4, -0.2) is 19.3 Å². The predicted octanol–water partition coefficient (Wildman–Crippen LogP) is 0.896. The van der Waals surface area contributed by atoms with Gasteiger partial charge in [0.05, 0.1) is 6.54 Å². The molecule has 2 N–H and O–H groups in total. The van der Waals surface area contributed by atoms with Gasteiger partial charge in [0.1, 0.15) is 0 Å². The molecule has 0 radical (unpaired) electrons. The minimum Gasteiger partial charge on any atom is -0.389 e. The first kappa shape index (κ1) is 8.81. The monoisotopic (exact) mass is 141 g/mol. The van der Waals surface area contributed by atoms with Crippen LogP contribution in [0, 0.1) is 10.3 Å². The molecule has 0 aromatic rings. The first-order valence-corrected chi connectivity index (χ1v) is 3.01. The zero-order valence-corrected chi connectivity index (χ0v) is 5.92. The number of nitrogens with one attached hydrogen (secondary N) is 2. The summed E-state index contributed by atoms with van der Waals surface area (Å²) in [5.41, 5.74) is 0.825. The Labute approximate surface area is 59.8 Å². The lowest BCUT2D eigenvalue weighted by molar-refractivity contribution is 0.836. The Hall–Kier alpha value is -1.19. The summed E-state index contributed by atoms with van der Waals surface area (Å²) in [5.74, 6) is 0. The fraction of sp³-hybridized carbons (Fsp3) is 0.500. The van der Waals surface area contributed by atoms with Gasteiger partial charge in [-0.2, -0.15) is 4.91 Å². The average Bonchev–Trinajstić information content (AvgIpc) is 1.98. The smallest absolute Gasteiger partial charge is 0.0983 e. The zero-order valence-electron chi connectivity index (χ0n) is 5.92. The SMILES string of the molecule is C/C(C=N)=C/NCCN=O. The van der Waals surface area contributed by atoms with E-state index in [2.05, 4.69) is 10.5 Å². The van der Waals surface area contributed by atoms with Crippen LogP contribution in [0.15, 0.2) is 16.9 Å². The van der Waals surface area contributed by atoms with Crippen LogP contribution in [0.3, 0.4) is 0 Å². The molecule has 0 atom stereocenters. The van der Waals surface area contributed by atoms with Crippen LogP contribution in [0.2, 0.25) is 0 Å². The maximum atomic E-state index is 9.56. The van der Waals surface area contributed by atoms with Crippen molar-refractivity contribution in [2.45, 2.75) is 6.92 Å². The molecule has 0 aliphatic heterocycles.